The topological polar surface area (TPSA) is 43.6 Å². The molecule has 0 unspecified atom stereocenters. The van der Waals surface area contributed by atoms with E-state index in [2.05, 4.69) is 15.0 Å². The summed E-state index contributed by atoms with van der Waals surface area (Å²) in [4.78, 5) is 12.9. The molecule has 0 atom stereocenters. The van der Waals surface area contributed by atoms with Crippen molar-refractivity contribution in [2.24, 2.45) is 0 Å². The van der Waals surface area contributed by atoms with Gasteiger partial charge in [0.2, 0.25) is 0 Å². The van der Waals surface area contributed by atoms with Gasteiger partial charge in [-0.3, -0.25) is 4.98 Å². The molecule has 3 aromatic heterocycles. The Hall–Kier alpha value is -2.01. The van der Waals surface area contributed by atoms with Crippen LogP contribution in [0.15, 0.2) is 42.4 Å². The monoisotopic (exact) mass is 242 g/mol. The van der Waals surface area contributed by atoms with Gasteiger partial charge in [-0.1, -0.05) is 0 Å². The highest BCUT2D eigenvalue weighted by atomic mass is 32.1. The standard InChI is InChI=1S/C12H10N4S/c1-9-15-12(7-17-9)11-6-16(8-14-11)10-3-2-4-13-5-10/h2-8H,1H3. The van der Waals surface area contributed by atoms with E-state index in [0.717, 1.165) is 22.1 Å². The molecule has 17 heavy (non-hydrogen) atoms. The van der Waals surface area contributed by atoms with Crippen LogP contribution >= 0.6 is 11.3 Å². The molecule has 0 aliphatic carbocycles. The molecule has 84 valence electrons. The normalized spacial score (nSPS) is 10.6. The van der Waals surface area contributed by atoms with Crippen molar-refractivity contribution in [3.63, 3.8) is 0 Å². The fourth-order valence-electron chi connectivity index (χ4n) is 1.58. The second-order valence-corrected chi connectivity index (χ2v) is 4.69. The van der Waals surface area contributed by atoms with Gasteiger partial charge in [-0.15, -0.1) is 11.3 Å². The summed E-state index contributed by atoms with van der Waals surface area (Å²) < 4.78 is 1.94. The van der Waals surface area contributed by atoms with Crippen LogP contribution in [0.4, 0.5) is 0 Å². The van der Waals surface area contributed by atoms with Crippen LogP contribution in [0.1, 0.15) is 5.01 Å². The van der Waals surface area contributed by atoms with Gasteiger partial charge in [-0.2, -0.15) is 0 Å². The lowest BCUT2D eigenvalue weighted by Gasteiger charge is -1.98. The van der Waals surface area contributed by atoms with E-state index in [0.29, 0.717) is 0 Å². The predicted molar refractivity (Wildman–Crippen MR) is 67.2 cm³/mol. The molecule has 5 heteroatoms. The van der Waals surface area contributed by atoms with E-state index < -0.39 is 0 Å². The summed E-state index contributed by atoms with van der Waals surface area (Å²) >= 11 is 1.63. The molecule has 0 aliphatic heterocycles. The van der Waals surface area contributed by atoms with Crippen LogP contribution in [-0.4, -0.2) is 19.5 Å². The Morgan fingerprint density at radius 3 is 2.94 bits per heavy atom. The van der Waals surface area contributed by atoms with Crippen LogP contribution < -0.4 is 0 Å². The SMILES string of the molecule is Cc1nc(-c2cn(-c3cccnc3)cn2)cs1. The smallest absolute Gasteiger partial charge is 0.108 e. The first-order chi connectivity index (χ1) is 8.33. The minimum atomic E-state index is 0.887. The minimum Gasteiger partial charge on any atom is -0.304 e. The van der Waals surface area contributed by atoms with E-state index in [1.54, 1.807) is 30.1 Å². The van der Waals surface area contributed by atoms with Crippen molar-refractivity contribution in [3.8, 4) is 17.1 Å². The van der Waals surface area contributed by atoms with Crippen molar-refractivity contribution in [2.75, 3.05) is 0 Å². The van der Waals surface area contributed by atoms with Gasteiger partial charge in [0.1, 0.15) is 17.7 Å². The van der Waals surface area contributed by atoms with Crippen LogP contribution in [0.3, 0.4) is 0 Å². The minimum absolute atomic E-state index is 0.887. The Kier molecular flexibility index (Phi) is 2.45. The average molecular weight is 242 g/mol. The number of pyridine rings is 1. The molecular weight excluding hydrogens is 232 g/mol. The largest absolute Gasteiger partial charge is 0.304 e. The van der Waals surface area contributed by atoms with Gasteiger partial charge in [0.05, 0.1) is 16.9 Å². The van der Waals surface area contributed by atoms with Crippen molar-refractivity contribution in [1.29, 1.82) is 0 Å². The summed E-state index contributed by atoms with van der Waals surface area (Å²) in [5.41, 5.74) is 2.81. The van der Waals surface area contributed by atoms with Crippen molar-refractivity contribution in [2.45, 2.75) is 6.92 Å². The van der Waals surface area contributed by atoms with Crippen molar-refractivity contribution >= 4 is 11.3 Å². The quantitative estimate of drug-likeness (QED) is 0.694. The van der Waals surface area contributed by atoms with Crippen LogP contribution in [0.5, 0.6) is 0 Å². The Morgan fingerprint density at radius 1 is 1.29 bits per heavy atom. The van der Waals surface area contributed by atoms with Crippen LogP contribution in [-0.2, 0) is 0 Å². The zero-order chi connectivity index (χ0) is 11.7. The molecule has 0 spiro atoms. The van der Waals surface area contributed by atoms with Crippen LogP contribution in [0.2, 0.25) is 0 Å². The van der Waals surface area contributed by atoms with Gasteiger partial charge in [0, 0.05) is 17.8 Å². The first-order valence-electron chi connectivity index (χ1n) is 5.20. The number of aromatic nitrogens is 4. The molecule has 0 saturated heterocycles. The Labute approximate surface area is 103 Å². The van der Waals surface area contributed by atoms with E-state index in [4.69, 9.17) is 0 Å². The highest BCUT2D eigenvalue weighted by Crippen LogP contribution is 2.20. The predicted octanol–water partition coefficient (Wildman–Crippen LogP) is 2.70. The molecule has 0 N–H and O–H groups in total. The second-order valence-electron chi connectivity index (χ2n) is 3.63. The third-order valence-electron chi connectivity index (χ3n) is 2.41. The zero-order valence-electron chi connectivity index (χ0n) is 9.24. The van der Waals surface area contributed by atoms with Gasteiger partial charge in [0.15, 0.2) is 0 Å². The molecule has 0 saturated carbocycles. The summed E-state index contributed by atoms with van der Waals surface area (Å²) in [6.45, 7) is 1.99. The van der Waals surface area contributed by atoms with Gasteiger partial charge in [-0.25, -0.2) is 9.97 Å². The lowest BCUT2D eigenvalue weighted by Crippen LogP contribution is -1.89. The Balaban J connectivity index is 1.99. The summed E-state index contributed by atoms with van der Waals surface area (Å²) in [5.74, 6) is 0. The molecular formula is C12H10N4S. The third kappa shape index (κ3) is 1.97. The molecule has 0 bridgehead atoms. The van der Waals surface area contributed by atoms with E-state index in [1.165, 1.54) is 0 Å². The molecule has 0 aromatic carbocycles. The number of aryl methyl sites for hydroxylation is 1. The fourth-order valence-corrected chi connectivity index (χ4v) is 2.19. The molecule has 0 radical (unpaired) electrons. The Bertz CT molecular complexity index is 627. The van der Waals surface area contributed by atoms with Crippen molar-refractivity contribution < 1.29 is 0 Å². The lowest BCUT2D eigenvalue weighted by molar-refractivity contribution is 1.04. The van der Waals surface area contributed by atoms with E-state index in [-0.39, 0.29) is 0 Å². The highest BCUT2D eigenvalue weighted by molar-refractivity contribution is 7.09. The fraction of sp³-hybridized carbons (Fsp3) is 0.0833. The first-order valence-corrected chi connectivity index (χ1v) is 6.08. The molecule has 3 heterocycles. The summed E-state index contributed by atoms with van der Waals surface area (Å²) in [5, 5.41) is 3.07. The number of nitrogens with zero attached hydrogens (tertiary/aromatic N) is 4. The van der Waals surface area contributed by atoms with Crippen molar-refractivity contribution in [1.82, 2.24) is 19.5 Å². The average Bonchev–Trinajstić information content (AvgIpc) is 2.98. The van der Waals surface area contributed by atoms with E-state index in [1.807, 2.05) is 35.2 Å². The molecule has 0 amide bonds. The lowest BCUT2D eigenvalue weighted by atomic mass is 10.3. The second kappa shape index (κ2) is 4.10. The maximum Gasteiger partial charge on any atom is 0.108 e. The van der Waals surface area contributed by atoms with Crippen LogP contribution in [0.25, 0.3) is 17.1 Å². The van der Waals surface area contributed by atoms with E-state index in [9.17, 15) is 0 Å². The highest BCUT2D eigenvalue weighted by Gasteiger charge is 2.06. The maximum atomic E-state index is 4.41. The number of hydrogen-bond acceptors (Lipinski definition) is 4. The van der Waals surface area contributed by atoms with Gasteiger partial charge < -0.3 is 4.57 Å². The summed E-state index contributed by atoms with van der Waals surface area (Å²) in [7, 11) is 0. The molecule has 3 rings (SSSR count). The Morgan fingerprint density at radius 2 is 2.24 bits per heavy atom. The zero-order valence-corrected chi connectivity index (χ0v) is 10.1. The van der Waals surface area contributed by atoms with Gasteiger partial charge in [-0.05, 0) is 19.1 Å². The summed E-state index contributed by atoms with van der Waals surface area (Å²) in [6.07, 6.45) is 7.30. The molecule has 3 aromatic rings. The summed E-state index contributed by atoms with van der Waals surface area (Å²) in [6, 6.07) is 3.90. The maximum absolute atomic E-state index is 4.41. The number of imidazole rings is 1. The molecule has 4 nitrogen and oxygen atoms in total. The first kappa shape index (κ1) is 10.2. The van der Waals surface area contributed by atoms with E-state index >= 15 is 0 Å². The van der Waals surface area contributed by atoms with Crippen molar-refractivity contribution in [3.05, 3.63) is 47.4 Å². The van der Waals surface area contributed by atoms with Gasteiger partial charge >= 0.3 is 0 Å². The number of thiazole rings is 1. The molecule has 0 fully saturated rings. The third-order valence-corrected chi connectivity index (χ3v) is 3.18. The molecule has 0 aliphatic rings. The number of hydrogen-bond donors (Lipinski definition) is 0. The van der Waals surface area contributed by atoms with Gasteiger partial charge in [0.25, 0.3) is 0 Å². The van der Waals surface area contributed by atoms with Crippen LogP contribution in [0, 0.1) is 6.92 Å². The number of rotatable bonds is 2.